The normalized spacial score (nSPS) is 30.8. The molecule has 1 fully saturated rings. The highest BCUT2D eigenvalue weighted by atomic mass is 32.2. The predicted molar refractivity (Wildman–Crippen MR) is 53.0 cm³/mol. The molecule has 0 N–H and O–H groups in total. The highest BCUT2D eigenvalue weighted by Crippen LogP contribution is 2.20. The molecular weight excluding hydrogens is 194 g/mol. The molecule has 0 aromatic heterocycles. The molecule has 1 rings (SSSR count). The van der Waals surface area contributed by atoms with Gasteiger partial charge in [0.05, 0.1) is 11.0 Å². The lowest BCUT2D eigenvalue weighted by molar-refractivity contribution is 0.407. The van der Waals surface area contributed by atoms with Crippen molar-refractivity contribution in [3.8, 4) is 0 Å². The Morgan fingerprint density at radius 1 is 1.50 bits per heavy atom. The minimum atomic E-state index is -2.85. The van der Waals surface area contributed by atoms with Crippen molar-refractivity contribution in [3.63, 3.8) is 0 Å². The van der Waals surface area contributed by atoms with Crippen molar-refractivity contribution in [2.24, 2.45) is 5.92 Å². The monoisotopic (exact) mass is 209 g/mol. The van der Waals surface area contributed by atoms with Crippen LogP contribution in [0, 0.1) is 5.92 Å². The molecule has 72 valence electrons. The largest absolute Gasteiger partial charge is 0.251 e. The number of hydrogen-bond acceptors (Lipinski definition) is 4. The first-order valence-corrected chi connectivity index (χ1v) is 6.20. The quantitative estimate of drug-likeness (QED) is 0.642. The van der Waals surface area contributed by atoms with Crippen LogP contribution in [0.3, 0.4) is 0 Å². The molecule has 1 saturated heterocycles. The van der Waals surface area contributed by atoms with Crippen molar-refractivity contribution in [1.82, 2.24) is 4.31 Å². The number of sulfone groups is 1. The van der Waals surface area contributed by atoms with Crippen LogP contribution in [-0.2, 0) is 9.84 Å². The van der Waals surface area contributed by atoms with Gasteiger partial charge in [0.15, 0.2) is 9.84 Å². The Labute approximate surface area is 79.6 Å². The van der Waals surface area contributed by atoms with E-state index >= 15 is 0 Å². The van der Waals surface area contributed by atoms with Gasteiger partial charge >= 0.3 is 0 Å². The number of rotatable bonds is 1. The summed E-state index contributed by atoms with van der Waals surface area (Å²) in [7, 11) is -2.85. The third-order valence-corrected chi connectivity index (χ3v) is 4.96. The zero-order chi connectivity index (χ0) is 9.35. The lowest BCUT2D eigenvalue weighted by Gasteiger charge is -2.30. The molecule has 0 bridgehead atoms. The maximum atomic E-state index is 11.5. The first kappa shape index (κ1) is 10.3. The van der Waals surface area contributed by atoms with E-state index in [1.807, 2.05) is 13.8 Å². The Bertz CT molecular complexity index is 248. The third kappa shape index (κ3) is 2.14. The van der Waals surface area contributed by atoms with Crippen LogP contribution in [0.5, 0.6) is 0 Å². The Hall–Kier alpha value is 0.260. The van der Waals surface area contributed by atoms with E-state index in [2.05, 4.69) is 12.8 Å². The summed E-state index contributed by atoms with van der Waals surface area (Å²) in [5.74, 6) is 0.434. The number of nitrogens with zero attached hydrogens (tertiary/aromatic N) is 1. The number of hydrogen-bond donors (Lipinski definition) is 1. The van der Waals surface area contributed by atoms with Gasteiger partial charge in [-0.15, -0.1) is 0 Å². The third-order valence-electron chi connectivity index (χ3n) is 2.23. The maximum Gasteiger partial charge on any atom is 0.155 e. The summed E-state index contributed by atoms with van der Waals surface area (Å²) in [5.41, 5.74) is 0. The summed E-state index contributed by atoms with van der Waals surface area (Å²) in [6, 6.07) is 0. The van der Waals surface area contributed by atoms with Crippen molar-refractivity contribution < 1.29 is 8.42 Å². The van der Waals surface area contributed by atoms with E-state index in [-0.39, 0.29) is 16.9 Å². The van der Waals surface area contributed by atoms with Crippen LogP contribution >= 0.6 is 12.8 Å². The van der Waals surface area contributed by atoms with Gasteiger partial charge in [0.25, 0.3) is 0 Å². The lowest BCUT2D eigenvalue weighted by atomic mass is 10.1. The van der Waals surface area contributed by atoms with E-state index < -0.39 is 9.84 Å². The Morgan fingerprint density at radius 3 is 2.50 bits per heavy atom. The Balaban J connectivity index is 2.80. The van der Waals surface area contributed by atoms with Crippen LogP contribution in [-0.4, -0.2) is 36.8 Å². The molecule has 0 saturated carbocycles. The molecule has 0 aromatic rings. The highest BCUT2D eigenvalue weighted by Gasteiger charge is 2.33. The van der Waals surface area contributed by atoms with E-state index in [9.17, 15) is 8.42 Å². The molecule has 5 heteroatoms. The second-order valence-corrected chi connectivity index (χ2v) is 6.47. The molecule has 1 aliphatic rings. The van der Waals surface area contributed by atoms with E-state index in [0.717, 1.165) is 0 Å². The maximum absolute atomic E-state index is 11.5. The molecule has 0 aliphatic carbocycles. The van der Waals surface area contributed by atoms with E-state index in [4.69, 9.17) is 0 Å². The summed E-state index contributed by atoms with van der Waals surface area (Å²) in [5, 5.41) is -0.233. The Kier molecular flexibility index (Phi) is 3.06. The fourth-order valence-electron chi connectivity index (χ4n) is 1.42. The average molecular weight is 209 g/mol. The molecule has 0 amide bonds. The molecule has 1 unspecified atom stereocenters. The van der Waals surface area contributed by atoms with Crippen LogP contribution in [0.25, 0.3) is 0 Å². The van der Waals surface area contributed by atoms with Gasteiger partial charge in [-0.3, -0.25) is 4.31 Å². The standard InChI is InChI=1S/C7H15NO2S2/c1-6(2)7-5-8(11)3-4-12(7,9)10/h6-7,11H,3-5H2,1-2H3. The molecule has 1 heterocycles. The molecule has 12 heavy (non-hydrogen) atoms. The molecule has 0 radical (unpaired) electrons. The van der Waals surface area contributed by atoms with Crippen molar-refractivity contribution in [1.29, 1.82) is 0 Å². The molecular formula is C7H15NO2S2. The van der Waals surface area contributed by atoms with Crippen molar-refractivity contribution in [3.05, 3.63) is 0 Å². The van der Waals surface area contributed by atoms with Crippen molar-refractivity contribution in [2.45, 2.75) is 19.1 Å². The van der Waals surface area contributed by atoms with Gasteiger partial charge in [-0.2, -0.15) is 0 Å². The van der Waals surface area contributed by atoms with E-state index in [1.165, 1.54) is 0 Å². The summed E-state index contributed by atoms with van der Waals surface area (Å²) in [6.45, 7) is 4.99. The zero-order valence-corrected chi connectivity index (χ0v) is 9.11. The summed E-state index contributed by atoms with van der Waals surface area (Å²) in [6.07, 6.45) is 0. The van der Waals surface area contributed by atoms with Gasteiger partial charge in [-0.25, -0.2) is 8.42 Å². The second-order valence-electron chi connectivity index (χ2n) is 3.56. The summed E-state index contributed by atoms with van der Waals surface area (Å²) >= 11 is 4.16. The molecule has 0 aromatic carbocycles. The average Bonchev–Trinajstić information content (AvgIpc) is 1.94. The zero-order valence-electron chi connectivity index (χ0n) is 7.40. The first-order valence-electron chi connectivity index (χ1n) is 4.09. The van der Waals surface area contributed by atoms with Gasteiger partial charge < -0.3 is 0 Å². The second kappa shape index (κ2) is 3.55. The number of thiol groups is 1. The SMILES string of the molecule is CC(C)C1CN(S)CCS1(=O)=O. The van der Waals surface area contributed by atoms with Crippen molar-refractivity contribution in [2.75, 3.05) is 18.8 Å². The van der Waals surface area contributed by atoms with Gasteiger partial charge in [0.1, 0.15) is 0 Å². The summed E-state index contributed by atoms with van der Waals surface area (Å²) in [4.78, 5) is 0. The topological polar surface area (TPSA) is 37.4 Å². The van der Waals surface area contributed by atoms with Crippen LogP contribution in [0.1, 0.15) is 13.8 Å². The van der Waals surface area contributed by atoms with Gasteiger partial charge in [0.2, 0.25) is 0 Å². The molecule has 1 aliphatic heterocycles. The van der Waals surface area contributed by atoms with Crippen LogP contribution in [0.15, 0.2) is 0 Å². The van der Waals surface area contributed by atoms with Gasteiger partial charge in [0, 0.05) is 13.1 Å². The lowest BCUT2D eigenvalue weighted by Crippen LogP contribution is -2.45. The van der Waals surface area contributed by atoms with Gasteiger partial charge in [-0.05, 0) is 5.92 Å². The first-order chi connectivity index (χ1) is 5.43. The van der Waals surface area contributed by atoms with Crippen LogP contribution in [0.4, 0.5) is 0 Å². The van der Waals surface area contributed by atoms with E-state index in [1.54, 1.807) is 4.31 Å². The Morgan fingerprint density at radius 2 is 2.08 bits per heavy atom. The summed E-state index contributed by atoms with van der Waals surface area (Å²) < 4.78 is 24.8. The van der Waals surface area contributed by atoms with Crippen LogP contribution in [0.2, 0.25) is 0 Å². The predicted octanol–water partition coefficient (Wildman–Crippen LogP) is 0.586. The van der Waals surface area contributed by atoms with Gasteiger partial charge in [-0.1, -0.05) is 26.7 Å². The fraction of sp³-hybridized carbons (Fsp3) is 1.00. The molecule has 0 spiro atoms. The van der Waals surface area contributed by atoms with Crippen molar-refractivity contribution >= 4 is 22.7 Å². The molecule has 1 atom stereocenters. The smallest absolute Gasteiger partial charge is 0.155 e. The van der Waals surface area contributed by atoms with Crippen LogP contribution < -0.4 is 0 Å². The van der Waals surface area contributed by atoms with E-state index in [0.29, 0.717) is 13.1 Å². The molecule has 3 nitrogen and oxygen atoms in total. The highest BCUT2D eigenvalue weighted by molar-refractivity contribution is 7.92. The minimum Gasteiger partial charge on any atom is -0.251 e. The minimum absolute atomic E-state index is 0.185. The fourth-order valence-corrected chi connectivity index (χ4v) is 3.96.